The normalized spacial score (nSPS) is 11.1. The molecule has 0 aliphatic heterocycles. The molecule has 1 amide bonds. The van der Waals surface area contributed by atoms with Crippen molar-refractivity contribution in [3.63, 3.8) is 0 Å². The first-order valence-corrected chi connectivity index (χ1v) is 14.0. The van der Waals surface area contributed by atoms with Gasteiger partial charge in [0.05, 0.1) is 18.1 Å². The molecule has 0 saturated carbocycles. The van der Waals surface area contributed by atoms with Crippen molar-refractivity contribution in [2.24, 2.45) is 0 Å². The molecule has 1 N–H and O–H groups in total. The quantitative estimate of drug-likeness (QED) is 0.237. The molecule has 0 aliphatic carbocycles. The molecule has 38 heavy (non-hydrogen) atoms. The maximum absolute atomic E-state index is 12.9. The van der Waals surface area contributed by atoms with Gasteiger partial charge >= 0.3 is 0 Å². The first-order valence-electron chi connectivity index (χ1n) is 12.8. The Morgan fingerprint density at radius 2 is 1.55 bits per heavy atom. The van der Waals surface area contributed by atoms with Crippen molar-refractivity contribution in [3.8, 4) is 17.0 Å². The Morgan fingerprint density at radius 3 is 2.16 bits per heavy atom. The number of benzene rings is 3. The number of methoxy groups -OCH3 is 1. The Kier molecular flexibility index (Phi) is 9.20. The van der Waals surface area contributed by atoms with Crippen LogP contribution < -0.4 is 15.0 Å². The third kappa shape index (κ3) is 6.44. The van der Waals surface area contributed by atoms with Crippen LogP contribution in [0.1, 0.15) is 24.2 Å². The van der Waals surface area contributed by atoms with Crippen molar-refractivity contribution < 1.29 is 9.53 Å². The average Bonchev–Trinajstić information content (AvgIpc) is 2.96. The molecule has 4 aromatic rings. The van der Waals surface area contributed by atoms with Crippen molar-refractivity contribution >= 4 is 40.2 Å². The lowest BCUT2D eigenvalue weighted by molar-refractivity contribution is 0.102. The number of rotatable bonds is 11. The number of carbonyl (C=O) groups excluding carboxylic acids is 1. The smallest absolute Gasteiger partial charge is 0.257 e. The lowest BCUT2D eigenvalue weighted by Crippen LogP contribution is -2.33. The van der Waals surface area contributed by atoms with Crippen LogP contribution in [0.5, 0.6) is 5.88 Å². The lowest BCUT2D eigenvalue weighted by Gasteiger charge is -2.24. The molecule has 0 atom stereocenters. The fraction of sp³-hybridized carbons (Fsp3) is 0.300. The van der Waals surface area contributed by atoms with Gasteiger partial charge in [0.25, 0.3) is 11.8 Å². The van der Waals surface area contributed by atoms with Gasteiger partial charge in [-0.3, -0.25) is 4.79 Å². The van der Waals surface area contributed by atoms with E-state index in [1.807, 2.05) is 49.5 Å². The summed E-state index contributed by atoms with van der Waals surface area (Å²) < 4.78 is 5.57. The molecule has 7 nitrogen and oxygen atoms in total. The van der Waals surface area contributed by atoms with Gasteiger partial charge in [0, 0.05) is 36.3 Å². The number of hydrogen-bond donors (Lipinski definition) is 1. The van der Waals surface area contributed by atoms with Crippen LogP contribution >= 0.6 is 11.8 Å². The number of aromatic nitrogens is 2. The summed E-state index contributed by atoms with van der Waals surface area (Å²) >= 11 is 1.72. The number of likely N-dealkylation sites (N-methyl/N-ethyl adjacent to an activating group) is 2. The van der Waals surface area contributed by atoms with Gasteiger partial charge in [0.15, 0.2) is 5.82 Å². The van der Waals surface area contributed by atoms with Crippen LogP contribution in [0.3, 0.4) is 0 Å². The molecule has 4 rings (SSSR count). The summed E-state index contributed by atoms with van der Waals surface area (Å²) in [6.45, 7) is 8.09. The van der Waals surface area contributed by atoms with E-state index < -0.39 is 0 Å². The molecular weight excluding hydrogens is 494 g/mol. The van der Waals surface area contributed by atoms with Crippen molar-refractivity contribution in [1.29, 1.82) is 0 Å². The molecule has 8 heteroatoms. The van der Waals surface area contributed by atoms with Gasteiger partial charge in [-0.05, 0) is 72.9 Å². The summed E-state index contributed by atoms with van der Waals surface area (Å²) in [5, 5.41) is 2.98. The Morgan fingerprint density at radius 1 is 0.895 bits per heavy atom. The SMILES string of the molecule is CCN(CC)CCN(C)c1nc2ccc(NC(=O)c3ccc(-c4ccc(SC)cc4)cc3)cc2nc1OC. The largest absolute Gasteiger partial charge is 0.478 e. The fourth-order valence-electron chi connectivity index (χ4n) is 4.23. The van der Waals surface area contributed by atoms with Gasteiger partial charge in [0.1, 0.15) is 0 Å². The molecule has 0 aliphatic rings. The Bertz CT molecular complexity index is 1370. The fourth-order valence-corrected chi connectivity index (χ4v) is 4.64. The van der Waals surface area contributed by atoms with Gasteiger partial charge in [-0.25, -0.2) is 9.97 Å². The van der Waals surface area contributed by atoms with E-state index in [0.717, 1.165) is 42.8 Å². The second-order valence-corrected chi connectivity index (χ2v) is 9.85. The molecule has 0 unspecified atom stereocenters. The van der Waals surface area contributed by atoms with Gasteiger partial charge < -0.3 is 19.9 Å². The summed E-state index contributed by atoms with van der Waals surface area (Å²) in [6.07, 6.45) is 2.06. The van der Waals surface area contributed by atoms with Crippen LogP contribution in [-0.2, 0) is 0 Å². The molecule has 1 heterocycles. The van der Waals surface area contributed by atoms with Crippen molar-refractivity contribution in [1.82, 2.24) is 14.9 Å². The Hall–Kier alpha value is -3.62. The van der Waals surface area contributed by atoms with E-state index in [1.54, 1.807) is 18.9 Å². The molecule has 0 radical (unpaired) electrons. The van der Waals surface area contributed by atoms with Crippen LogP contribution in [0.25, 0.3) is 22.2 Å². The maximum Gasteiger partial charge on any atom is 0.257 e. The predicted molar refractivity (Wildman–Crippen MR) is 159 cm³/mol. The van der Waals surface area contributed by atoms with Gasteiger partial charge in [0.2, 0.25) is 0 Å². The number of hydrogen-bond acceptors (Lipinski definition) is 7. The second-order valence-electron chi connectivity index (χ2n) is 8.97. The van der Waals surface area contributed by atoms with Crippen molar-refractivity contribution in [2.75, 3.05) is 56.8 Å². The maximum atomic E-state index is 12.9. The first kappa shape index (κ1) is 27.4. The van der Waals surface area contributed by atoms with Gasteiger partial charge in [-0.1, -0.05) is 38.1 Å². The zero-order valence-corrected chi connectivity index (χ0v) is 23.5. The highest BCUT2D eigenvalue weighted by atomic mass is 32.2. The first-order chi connectivity index (χ1) is 18.4. The van der Waals surface area contributed by atoms with Crippen molar-refractivity contribution in [2.45, 2.75) is 18.7 Å². The molecule has 0 bridgehead atoms. The average molecular weight is 530 g/mol. The molecule has 198 valence electrons. The monoisotopic (exact) mass is 529 g/mol. The highest BCUT2D eigenvalue weighted by Crippen LogP contribution is 2.28. The standard InChI is InChI=1S/C30H35N5O2S/c1-6-35(7-2)19-18-34(3)28-30(37-4)33-27-20-24(14-17-26(27)32-28)31-29(36)23-10-8-21(9-11-23)22-12-15-25(38-5)16-13-22/h8-17,20H,6-7,18-19H2,1-5H3,(H,31,36). The molecule has 0 spiro atoms. The van der Waals surface area contributed by atoms with Gasteiger partial charge in [-0.2, -0.15) is 0 Å². The minimum atomic E-state index is -0.179. The minimum Gasteiger partial charge on any atom is -0.478 e. The van der Waals surface area contributed by atoms with Crippen LogP contribution in [0.15, 0.2) is 71.6 Å². The topological polar surface area (TPSA) is 70.6 Å². The zero-order valence-electron chi connectivity index (χ0n) is 22.7. The van der Waals surface area contributed by atoms with Crippen LogP contribution in [-0.4, -0.2) is 67.4 Å². The van der Waals surface area contributed by atoms with E-state index in [-0.39, 0.29) is 5.91 Å². The number of carbonyl (C=O) groups is 1. The minimum absolute atomic E-state index is 0.179. The highest BCUT2D eigenvalue weighted by molar-refractivity contribution is 7.98. The molecular formula is C30H35N5O2S. The summed E-state index contributed by atoms with van der Waals surface area (Å²) in [6, 6.07) is 21.6. The van der Waals surface area contributed by atoms with E-state index in [4.69, 9.17) is 9.72 Å². The molecule has 0 saturated heterocycles. The number of nitrogens with one attached hydrogen (secondary N) is 1. The second kappa shape index (κ2) is 12.8. The number of thioether (sulfide) groups is 1. The van der Waals surface area contributed by atoms with E-state index in [2.05, 4.69) is 64.5 Å². The summed E-state index contributed by atoms with van der Waals surface area (Å²) in [5.41, 5.74) is 4.83. The lowest BCUT2D eigenvalue weighted by atomic mass is 10.0. The van der Waals surface area contributed by atoms with E-state index in [1.165, 1.54) is 4.90 Å². The van der Waals surface area contributed by atoms with E-state index in [9.17, 15) is 4.79 Å². The molecule has 3 aromatic carbocycles. The van der Waals surface area contributed by atoms with Crippen LogP contribution in [0.4, 0.5) is 11.5 Å². The number of anilines is 2. The van der Waals surface area contributed by atoms with E-state index in [0.29, 0.717) is 28.5 Å². The van der Waals surface area contributed by atoms with E-state index >= 15 is 0 Å². The molecule has 1 aromatic heterocycles. The van der Waals surface area contributed by atoms with Gasteiger partial charge in [-0.15, -0.1) is 11.8 Å². The third-order valence-electron chi connectivity index (χ3n) is 6.64. The Labute approximate surface area is 229 Å². The van der Waals surface area contributed by atoms with Crippen LogP contribution in [0, 0.1) is 0 Å². The number of nitrogens with zero attached hydrogens (tertiary/aromatic N) is 4. The van der Waals surface area contributed by atoms with Crippen molar-refractivity contribution in [3.05, 3.63) is 72.3 Å². The zero-order chi connectivity index (χ0) is 27.1. The summed E-state index contributed by atoms with van der Waals surface area (Å²) in [7, 11) is 3.60. The number of ether oxygens (including phenoxy) is 1. The highest BCUT2D eigenvalue weighted by Gasteiger charge is 2.15. The third-order valence-corrected chi connectivity index (χ3v) is 7.39. The predicted octanol–water partition coefficient (Wildman–Crippen LogP) is 6.06. The van der Waals surface area contributed by atoms with Crippen LogP contribution in [0.2, 0.25) is 0 Å². The number of amides is 1. The Balaban J connectivity index is 1.48. The summed E-state index contributed by atoms with van der Waals surface area (Å²) in [4.78, 5) is 28.1. The number of fused-ring (bicyclic) bond motifs is 1. The molecule has 0 fully saturated rings. The summed E-state index contributed by atoms with van der Waals surface area (Å²) in [5.74, 6) is 0.984.